The monoisotopic (exact) mass is 260 g/mol. The van der Waals surface area contributed by atoms with Crippen molar-refractivity contribution >= 4 is 25.2 Å². The Morgan fingerprint density at radius 1 is 1.15 bits per heavy atom. The van der Waals surface area contributed by atoms with Gasteiger partial charge in [0.2, 0.25) is 0 Å². The lowest BCUT2D eigenvalue weighted by atomic mass is 10.2. The van der Waals surface area contributed by atoms with E-state index in [1.807, 2.05) is 18.2 Å². The summed E-state index contributed by atoms with van der Waals surface area (Å²) in [6.07, 6.45) is 0. The van der Waals surface area contributed by atoms with Crippen LogP contribution in [0.5, 0.6) is 0 Å². The minimum Gasteiger partial charge on any atom is -0.399 e. The van der Waals surface area contributed by atoms with Crippen molar-refractivity contribution in [1.82, 2.24) is 0 Å². The van der Waals surface area contributed by atoms with E-state index in [1.165, 1.54) is 5.56 Å². The summed E-state index contributed by atoms with van der Waals surface area (Å²) in [5, 5.41) is 0. The van der Waals surface area contributed by atoms with Gasteiger partial charge >= 0.3 is 9.28 Å². The molecular formula is C9H13BrO2Si. The van der Waals surface area contributed by atoms with E-state index in [0.717, 1.165) is 0 Å². The van der Waals surface area contributed by atoms with E-state index in [1.54, 1.807) is 14.2 Å². The average molecular weight is 261 g/mol. The Hall–Kier alpha value is -0.163. The van der Waals surface area contributed by atoms with Crippen molar-refractivity contribution in [2.75, 3.05) is 14.2 Å². The van der Waals surface area contributed by atoms with E-state index in [-0.39, 0.29) is 4.45 Å². The quantitative estimate of drug-likeness (QED) is 0.611. The highest BCUT2D eigenvalue weighted by Gasteiger charge is 2.22. The molecule has 0 saturated heterocycles. The first-order chi connectivity index (χ1) is 6.29. The molecule has 0 aliphatic carbocycles. The van der Waals surface area contributed by atoms with Crippen molar-refractivity contribution in [1.29, 1.82) is 0 Å². The van der Waals surface area contributed by atoms with Gasteiger partial charge in [0, 0.05) is 14.2 Å². The molecule has 1 aromatic carbocycles. The molecule has 0 radical (unpaired) electrons. The van der Waals surface area contributed by atoms with Crippen LogP contribution in [-0.4, -0.2) is 23.5 Å². The predicted octanol–water partition coefficient (Wildman–Crippen LogP) is 2.18. The molecule has 0 amide bonds. The Morgan fingerprint density at radius 2 is 1.69 bits per heavy atom. The summed E-state index contributed by atoms with van der Waals surface area (Å²) in [4.78, 5) is 0. The zero-order valence-electron chi connectivity index (χ0n) is 7.74. The predicted molar refractivity (Wildman–Crippen MR) is 59.3 cm³/mol. The number of alkyl halides is 1. The highest BCUT2D eigenvalue weighted by atomic mass is 79.9. The van der Waals surface area contributed by atoms with Gasteiger partial charge in [-0.25, -0.2) is 0 Å². The number of halogens is 1. The molecule has 1 rings (SSSR count). The van der Waals surface area contributed by atoms with Crippen molar-refractivity contribution in [2.24, 2.45) is 0 Å². The lowest BCUT2D eigenvalue weighted by Gasteiger charge is -2.17. The molecule has 0 aliphatic heterocycles. The van der Waals surface area contributed by atoms with E-state index in [0.29, 0.717) is 0 Å². The van der Waals surface area contributed by atoms with Crippen molar-refractivity contribution in [3.8, 4) is 0 Å². The maximum atomic E-state index is 5.29. The Bertz CT molecular complexity index is 239. The highest BCUT2D eigenvalue weighted by Crippen LogP contribution is 2.25. The molecule has 1 unspecified atom stereocenters. The van der Waals surface area contributed by atoms with E-state index in [9.17, 15) is 0 Å². The average Bonchev–Trinajstić information content (AvgIpc) is 2.21. The van der Waals surface area contributed by atoms with E-state index in [2.05, 4.69) is 28.1 Å². The zero-order chi connectivity index (χ0) is 9.68. The zero-order valence-corrected chi connectivity index (χ0v) is 10.5. The smallest absolute Gasteiger partial charge is 0.339 e. The molecule has 0 bridgehead atoms. The van der Waals surface area contributed by atoms with Gasteiger partial charge in [0.15, 0.2) is 0 Å². The van der Waals surface area contributed by atoms with Crippen molar-refractivity contribution in [2.45, 2.75) is 4.45 Å². The standard InChI is InChI=1S/C9H13BrO2Si/c1-11-13(12-2)9(10)8-6-4-3-5-7-8/h3-7,9,13H,1-2H3. The van der Waals surface area contributed by atoms with Crippen LogP contribution in [0, 0.1) is 0 Å². The summed E-state index contributed by atoms with van der Waals surface area (Å²) in [6, 6.07) is 10.2. The first kappa shape index (κ1) is 10.9. The summed E-state index contributed by atoms with van der Waals surface area (Å²) in [7, 11) is 1.79. The fourth-order valence-corrected chi connectivity index (χ4v) is 3.94. The van der Waals surface area contributed by atoms with Crippen LogP contribution in [0.4, 0.5) is 0 Å². The number of rotatable bonds is 4. The first-order valence-corrected chi connectivity index (χ1v) is 6.56. The molecule has 0 N–H and O–H groups in total. The molecule has 1 aromatic rings. The lowest BCUT2D eigenvalue weighted by molar-refractivity contribution is 0.276. The van der Waals surface area contributed by atoms with Crippen molar-refractivity contribution in [3.05, 3.63) is 35.9 Å². The Morgan fingerprint density at radius 3 is 2.15 bits per heavy atom. The van der Waals surface area contributed by atoms with Gasteiger partial charge in [0.05, 0.1) is 4.45 Å². The van der Waals surface area contributed by atoms with Crippen LogP contribution < -0.4 is 0 Å². The Balaban J connectivity index is 2.72. The Labute approximate surface area is 88.8 Å². The fourth-order valence-electron chi connectivity index (χ4n) is 1.13. The van der Waals surface area contributed by atoms with Gasteiger partial charge in [-0.2, -0.15) is 0 Å². The fraction of sp³-hybridized carbons (Fsp3) is 0.333. The van der Waals surface area contributed by atoms with Crippen LogP contribution in [0.25, 0.3) is 0 Å². The molecule has 0 heterocycles. The van der Waals surface area contributed by atoms with E-state index < -0.39 is 9.28 Å². The third kappa shape index (κ3) is 2.91. The van der Waals surface area contributed by atoms with E-state index >= 15 is 0 Å². The van der Waals surface area contributed by atoms with Gasteiger partial charge in [-0.1, -0.05) is 46.3 Å². The minimum atomic E-state index is -1.60. The molecule has 0 fully saturated rings. The van der Waals surface area contributed by atoms with Crippen LogP contribution in [-0.2, 0) is 8.85 Å². The second-order valence-electron chi connectivity index (χ2n) is 2.65. The largest absolute Gasteiger partial charge is 0.399 e. The second kappa shape index (κ2) is 5.54. The van der Waals surface area contributed by atoms with Gasteiger partial charge in [-0.3, -0.25) is 0 Å². The summed E-state index contributed by atoms with van der Waals surface area (Å²) >= 11 is 3.58. The van der Waals surface area contributed by atoms with Gasteiger partial charge in [-0.15, -0.1) is 0 Å². The molecule has 72 valence electrons. The van der Waals surface area contributed by atoms with Crippen LogP contribution in [0.3, 0.4) is 0 Å². The summed E-state index contributed by atoms with van der Waals surface area (Å²) < 4.78 is 10.8. The van der Waals surface area contributed by atoms with Crippen LogP contribution in [0.2, 0.25) is 0 Å². The number of hydrogen-bond donors (Lipinski definition) is 0. The molecule has 0 aromatic heterocycles. The van der Waals surface area contributed by atoms with Crippen LogP contribution >= 0.6 is 15.9 Å². The van der Waals surface area contributed by atoms with Gasteiger partial charge in [0.25, 0.3) is 0 Å². The second-order valence-corrected chi connectivity index (χ2v) is 6.96. The van der Waals surface area contributed by atoms with Crippen molar-refractivity contribution < 1.29 is 8.85 Å². The van der Waals surface area contributed by atoms with Gasteiger partial charge in [-0.05, 0) is 5.56 Å². The summed E-state index contributed by atoms with van der Waals surface area (Å²) in [6.45, 7) is 0. The molecule has 0 aliphatic rings. The SMILES string of the molecule is CO[SiH](OC)C(Br)c1ccccc1. The third-order valence-electron chi connectivity index (χ3n) is 1.82. The maximum Gasteiger partial charge on any atom is 0.339 e. The van der Waals surface area contributed by atoms with Gasteiger partial charge < -0.3 is 8.85 Å². The van der Waals surface area contributed by atoms with Gasteiger partial charge in [0.1, 0.15) is 0 Å². The molecule has 1 atom stereocenters. The summed E-state index contributed by atoms with van der Waals surface area (Å²) in [5.41, 5.74) is 1.21. The maximum absolute atomic E-state index is 5.29. The summed E-state index contributed by atoms with van der Waals surface area (Å²) in [5.74, 6) is 0. The Kier molecular flexibility index (Phi) is 4.65. The van der Waals surface area contributed by atoms with Crippen molar-refractivity contribution in [3.63, 3.8) is 0 Å². The van der Waals surface area contributed by atoms with Crippen LogP contribution in [0.15, 0.2) is 30.3 Å². The number of benzene rings is 1. The normalized spacial score (nSPS) is 13.2. The molecule has 0 saturated carbocycles. The molecule has 2 nitrogen and oxygen atoms in total. The van der Waals surface area contributed by atoms with Crippen LogP contribution in [0.1, 0.15) is 10.0 Å². The molecule has 13 heavy (non-hydrogen) atoms. The first-order valence-electron chi connectivity index (χ1n) is 4.04. The molecule has 0 spiro atoms. The minimum absolute atomic E-state index is 0.212. The topological polar surface area (TPSA) is 18.5 Å². The van der Waals surface area contributed by atoms with E-state index in [4.69, 9.17) is 8.85 Å². The molecular weight excluding hydrogens is 248 g/mol. The third-order valence-corrected chi connectivity index (χ3v) is 5.44. The highest BCUT2D eigenvalue weighted by molar-refractivity contribution is 9.09. The lowest BCUT2D eigenvalue weighted by Crippen LogP contribution is -2.25. The number of hydrogen-bond acceptors (Lipinski definition) is 2. The molecule has 4 heteroatoms.